The highest BCUT2D eigenvalue weighted by atomic mass is 79.9. The van der Waals surface area contributed by atoms with Crippen molar-refractivity contribution in [1.82, 2.24) is 9.78 Å². The van der Waals surface area contributed by atoms with Crippen molar-refractivity contribution in [3.63, 3.8) is 0 Å². The van der Waals surface area contributed by atoms with Crippen LogP contribution in [-0.4, -0.2) is 22.5 Å². The number of amides is 1. The zero-order chi connectivity index (χ0) is 14.5. The van der Waals surface area contributed by atoms with Crippen molar-refractivity contribution >= 4 is 27.7 Å². The van der Waals surface area contributed by atoms with Gasteiger partial charge < -0.3 is 9.15 Å². The number of ether oxygens (including phenoxy) is 1. The first-order chi connectivity index (χ1) is 9.54. The number of rotatable bonds is 4. The molecule has 1 amide bonds. The molecule has 0 aliphatic carbocycles. The standard InChI is InChI=1S/C12H12BrN3O4/c1-8-15-16(12(18)20-8)5-6-19-11(17)14-10-4-2-3-9(13)7-10/h2-4,7H,5-6H2,1H3,(H,14,17). The van der Waals surface area contributed by atoms with Gasteiger partial charge in [0.2, 0.25) is 5.89 Å². The second kappa shape index (κ2) is 6.38. The van der Waals surface area contributed by atoms with Crippen LogP contribution in [-0.2, 0) is 11.3 Å². The Bertz CT molecular complexity index is 665. The third-order valence-corrected chi connectivity index (χ3v) is 2.81. The van der Waals surface area contributed by atoms with Gasteiger partial charge in [-0.2, -0.15) is 4.68 Å². The molecule has 2 aromatic rings. The third kappa shape index (κ3) is 3.95. The lowest BCUT2D eigenvalue weighted by Gasteiger charge is -2.06. The van der Waals surface area contributed by atoms with E-state index in [4.69, 9.17) is 9.15 Å². The number of halogens is 1. The van der Waals surface area contributed by atoms with Crippen LogP contribution >= 0.6 is 15.9 Å². The van der Waals surface area contributed by atoms with Gasteiger partial charge in [-0.25, -0.2) is 9.59 Å². The fourth-order valence-electron chi connectivity index (χ4n) is 1.50. The molecular weight excluding hydrogens is 330 g/mol. The van der Waals surface area contributed by atoms with Crippen LogP contribution in [0.1, 0.15) is 5.89 Å². The first-order valence-electron chi connectivity index (χ1n) is 5.78. The van der Waals surface area contributed by atoms with Crippen molar-refractivity contribution in [2.75, 3.05) is 11.9 Å². The van der Waals surface area contributed by atoms with Crippen molar-refractivity contribution in [3.8, 4) is 0 Å². The zero-order valence-electron chi connectivity index (χ0n) is 10.6. The maximum Gasteiger partial charge on any atom is 0.437 e. The molecule has 0 aliphatic heterocycles. The van der Waals surface area contributed by atoms with Crippen LogP contribution in [0.15, 0.2) is 37.9 Å². The summed E-state index contributed by atoms with van der Waals surface area (Å²) in [6, 6.07) is 7.11. The molecule has 8 heteroatoms. The molecule has 0 atom stereocenters. The number of carbonyl (C=O) groups excluding carboxylic acids is 1. The normalized spacial score (nSPS) is 10.3. The summed E-state index contributed by atoms with van der Waals surface area (Å²) >= 11 is 3.30. The zero-order valence-corrected chi connectivity index (χ0v) is 12.2. The van der Waals surface area contributed by atoms with E-state index in [9.17, 15) is 9.59 Å². The summed E-state index contributed by atoms with van der Waals surface area (Å²) in [6.45, 7) is 1.73. The van der Waals surface area contributed by atoms with E-state index in [1.165, 1.54) is 0 Å². The van der Waals surface area contributed by atoms with E-state index in [0.29, 0.717) is 5.69 Å². The largest absolute Gasteiger partial charge is 0.447 e. The number of hydrogen-bond acceptors (Lipinski definition) is 5. The molecule has 7 nitrogen and oxygen atoms in total. The molecule has 2 rings (SSSR count). The van der Waals surface area contributed by atoms with E-state index in [0.717, 1.165) is 9.15 Å². The number of nitrogens with zero attached hydrogens (tertiary/aromatic N) is 2. The SMILES string of the molecule is Cc1nn(CCOC(=O)Nc2cccc(Br)c2)c(=O)o1. The number of aryl methyl sites for hydroxylation is 1. The molecule has 0 unspecified atom stereocenters. The minimum Gasteiger partial charge on any atom is -0.447 e. The quantitative estimate of drug-likeness (QED) is 0.920. The predicted molar refractivity (Wildman–Crippen MR) is 74.6 cm³/mol. The van der Waals surface area contributed by atoms with E-state index < -0.39 is 11.8 Å². The van der Waals surface area contributed by atoms with Gasteiger partial charge in [-0.1, -0.05) is 22.0 Å². The van der Waals surface area contributed by atoms with Crippen molar-refractivity contribution in [2.45, 2.75) is 13.5 Å². The van der Waals surface area contributed by atoms with Gasteiger partial charge in [0.25, 0.3) is 0 Å². The maximum atomic E-state index is 11.5. The topological polar surface area (TPSA) is 86.4 Å². The Kier molecular flexibility index (Phi) is 4.57. The summed E-state index contributed by atoms with van der Waals surface area (Å²) < 4.78 is 11.6. The molecule has 0 saturated heterocycles. The van der Waals surface area contributed by atoms with Gasteiger partial charge in [-0.15, -0.1) is 5.10 Å². The van der Waals surface area contributed by atoms with Crippen molar-refractivity contribution in [2.24, 2.45) is 0 Å². The lowest BCUT2D eigenvalue weighted by atomic mass is 10.3. The van der Waals surface area contributed by atoms with Gasteiger partial charge in [0, 0.05) is 17.1 Å². The molecule has 0 saturated carbocycles. The Hall–Kier alpha value is -2.09. The van der Waals surface area contributed by atoms with Crippen molar-refractivity contribution in [1.29, 1.82) is 0 Å². The molecular formula is C12H12BrN3O4. The fourth-order valence-corrected chi connectivity index (χ4v) is 1.90. The van der Waals surface area contributed by atoms with Crippen molar-refractivity contribution in [3.05, 3.63) is 45.2 Å². The molecule has 0 spiro atoms. The van der Waals surface area contributed by atoms with Gasteiger partial charge in [-0.05, 0) is 18.2 Å². The first-order valence-corrected chi connectivity index (χ1v) is 6.58. The summed E-state index contributed by atoms with van der Waals surface area (Å²) in [5.74, 6) is -0.299. The lowest BCUT2D eigenvalue weighted by Crippen LogP contribution is -2.22. The number of aromatic nitrogens is 2. The Morgan fingerprint density at radius 1 is 1.55 bits per heavy atom. The summed E-state index contributed by atoms with van der Waals surface area (Å²) in [5, 5.41) is 6.39. The third-order valence-electron chi connectivity index (χ3n) is 2.31. The number of nitrogens with one attached hydrogen (secondary N) is 1. The lowest BCUT2D eigenvalue weighted by molar-refractivity contribution is 0.154. The van der Waals surface area contributed by atoms with Crippen LogP contribution in [0, 0.1) is 6.92 Å². The molecule has 20 heavy (non-hydrogen) atoms. The fraction of sp³-hybridized carbons (Fsp3) is 0.250. The summed E-state index contributed by atoms with van der Waals surface area (Å²) in [5.41, 5.74) is 0.610. The average Bonchev–Trinajstić information content (AvgIpc) is 2.68. The average molecular weight is 342 g/mol. The molecule has 0 radical (unpaired) electrons. The smallest absolute Gasteiger partial charge is 0.437 e. The van der Waals surface area contributed by atoms with E-state index in [2.05, 4.69) is 26.3 Å². The van der Waals surface area contributed by atoms with Gasteiger partial charge in [0.1, 0.15) is 6.61 Å². The van der Waals surface area contributed by atoms with Crippen molar-refractivity contribution < 1.29 is 13.9 Å². The van der Waals surface area contributed by atoms with Crippen LogP contribution in [0.5, 0.6) is 0 Å². The van der Waals surface area contributed by atoms with Crippen LogP contribution < -0.4 is 11.1 Å². The van der Waals surface area contributed by atoms with Crippen LogP contribution in [0.25, 0.3) is 0 Å². The second-order valence-electron chi connectivity index (χ2n) is 3.88. The molecule has 1 heterocycles. The number of hydrogen-bond donors (Lipinski definition) is 1. The molecule has 1 aromatic carbocycles. The van der Waals surface area contributed by atoms with E-state index in [-0.39, 0.29) is 19.0 Å². The molecule has 1 aromatic heterocycles. The van der Waals surface area contributed by atoms with Gasteiger partial charge in [0.05, 0.1) is 6.54 Å². The Balaban J connectivity index is 1.81. The van der Waals surface area contributed by atoms with Gasteiger partial charge >= 0.3 is 11.8 Å². The highest BCUT2D eigenvalue weighted by Gasteiger charge is 2.06. The number of carbonyl (C=O) groups is 1. The predicted octanol–water partition coefficient (Wildman–Crippen LogP) is 2.16. The number of anilines is 1. The minimum atomic E-state index is -0.601. The van der Waals surface area contributed by atoms with E-state index in [1.54, 1.807) is 25.1 Å². The highest BCUT2D eigenvalue weighted by molar-refractivity contribution is 9.10. The maximum absolute atomic E-state index is 11.5. The van der Waals surface area contributed by atoms with E-state index in [1.807, 2.05) is 6.07 Å². The summed E-state index contributed by atoms with van der Waals surface area (Å²) in [6.07, 6.45) is -0.601. The van der Waals surface area contributed by atoms with Crippen LogP contribution in [0.3, 0.4) is 0 Å². The number of benzene rings is 1. The summed E-state index contributed by atoms with van der Waals surface area (Å²) in [7, 11) is 0. The second-order valence-corrected chi connectivity index (χ2v) is 4.80. The van der Waals surface area contributed by atoms with Crippen LogP contribution in [0.2, 0.25) is 0 Å². The molecule has 0 fully saturated rings. The molecule has 106 valence electrons. The first kappa shape index (κ1) is 14.3. The van der Waals surface area contributed by atoms with E-state index >= 15 is 0 Å². The van der Waals surface area contributed by atoms with Gasteiger partial charge in [0.15, 0.2) is 0 Å². The van der Waals surface area contributed by atoms with Gasteiger partial charge in [-0.3, -0.25) is 5.32 Å². The Morgan fingerprint density at radius 2 is 2.35 bits per heavy atom. The molecule has 0 bridgehead atoms. The monoisotopic (exact) mass is 341 g/mol. The summed E-state index contributed by atoms with van der Waals surface area (Å²) in [4.78, 5) is 22.7. The Labute approximate surface area is 122 Å². The van der Waals surface area contributed by atoms with Crippen LogP contribution in [0.4, 0.5) is 10.5 Å². The highest BCUT2D eigenvalue weighted by Crippen LogP contribution is 2.15. The molecule has 1 N–H and O–H groups in total. The molecule has 0 aliphatic rings. The Morgan fingerprint density at radius 3 is 3.00 bits per heavy atom. The minimum absolute atomic E-state index is 0.0196.